The average molecular weight is 479 g/mol. The second-order valence-electron chi connectivity index (χ2n) is 6.33. The predicted octanol–water partition coefficient (Wildman–Crippen LogP) is 5.95. The van der Waals surface area contributed by atoms with Crippen LogP contribution >= 0.6 is 36.4 Å². The van der Waals surface area contributed by atoms with Crippen LogP contribution in [0.5, 0.6) is 0 Å². The van der Waals surface area contributed by atoms with Crippen LogP contribution < -0.4 is 10.6 Å². The Morgan fingerprint density at radius 1 is 0.968 bits per heavy atom. The van der Waals surface area contributed by atoms with Gasteiger partial charge in [0.15, 0.2) is 5.82 Å². The highest BCUT2D eigenvalue weighted by Crippen LogP contribution is 2.27. The maximum absolute atomic E-state index is 10.8. The normalized spacial score (nSPS) is 9.97. The zero-order valence-corrected chi connectivity index (χ0v) is 18.3. The van der Waals surface area contributed by atoms with E-state index in [0.29, 0.717) is 17.3 Å². The van der Waals surface area contributed by atoms with Crippen molar-refractivity contribution in [2.24, 2.45) is 0 Å². The van der Waals surface area contributed by atoms with Gasteiger partial charge in [-0.3, -0.25) is 5.32 Å². The first-order valence-electron chi connectivity index (χ1n) is 8.80. The molecular weight excluding hydrogens is 461 g/mol. The molecule has 31 heavy (non-hydrogen) atoms. The molecule has 7 nitrogen and oxygen atoms in total. The Labute approximate surface area is 195 Å². The van der Waals surface area contributed by atoms with E-state index in [-0.39, 0.29) is 30.6 Å². The number of nitrogens with zero attached hydrogens (tertiary/aromatic N) is 3. The summed E-state index contributed by atoms with van der Waals surface area (Å²) in [6.45, 7) is 0. The summed E-state index contributed by atoms with van der Waals surface area (Å²) in [5, 5.41) is 25.7. The molecule has 0 atom stereocenters. The van der Waals surface area contributed by atoms with Gasteiger partial charge in [0.1, 0.15) is 5.82 Å². The van der Waals surface area contributed by atoms with Gasteiger partial charge in [-0.1, -0.05) is 35.9 Å². The minimum atomic E-state index is -1.16. The summed E-state index contributed by atoms with van der Waals surface area (Å²) < 4.78 is 0. The third-order valence-electron chi connectivity index (χ3n) is 4.30. The minimum absolute atomic E-state index is 0. The predicted molar refractivity (Wildman–Crippen MR) is 127 cm³/mol. The van der Waals surface area contributed by atoms with Crippen molar-refractivity contribution in [3.05, 3.63) is 83.1 Å². The number of aromatic nitrogens is 3. The van der Waals surface area contributed by atoms with Crippen LogP contribution in [0.4, 0.5) is 22.1 Å². The van der Waals surface area contributed by atoms with E-state index in [4.69, 9.17) is 16.7 Å². The van der Waals surface area contributed by atoms with Crippen molar-refractivity contribution < 1.29 is 9.90 Å². The Morgan fingerprint density at radius 2 is 1.68 bits per heavy atom. The second-order valence-corrected chi connectivity index (χ2v) is 6.77. The SMILES string of the molecule is Cl.Cl.O=C(O)Nc1cc(Cc2nnc(Nc3ccc(Cl)cc3)c3ccccc23)ccn1. The van der Waals surface area contributed by atoms with Crippen LogP contribution in [-0.4, -0.2) is 26.4 Å². The number of carboxylic acid groups (broad SMARTS) is 1. The van der Waals surface area contributed by atoms with Gasteiger partial charge >= 0.3 is 6.09 Å². The van der Waals surface area contributed by atoms with Gasteiger partial charge in [0.2, 0.25) is 0 Å². The molecule has 2 aromatic carbocycles. The lowest BCUT2D eigenvalue weighted by molar-refractivity contribution is 0.209. The molecule has 0 aliphatic heterocycles. The monoisotopic (exact) mass is 477 g/mol. The van der Waals surface area contributed by atoms with Crippen molar-refractivity contribution in [2.75, 3.05) is 10.6 Å². The fourth-order valence-corrected chi connectivity index (χ4v) is 3.13. The number of rotatable bonds is 5. The molecule has 2 aromatic heterocycles. The molecule has 0 bridgehead atoms. The van der Waals surface area contributed by atoms with E-state index in [2.05, 4.69) is 25.8 Å². The zero-order valence-electron chi connectivity index (χ0n) is 15.9. The molecule has 0 saturated carbocycles. The van der Waals surface area contributed by atoms with Gasteiger partial charge in [-0.2, -0.15) is 5.10 Å². The number of halogens is 3. The van der Waals surface area contributed by atoms with Gasteiger partial charge in [0, 0.05) is 34.1 Å². The standard InChI is InChI=1S/C21H16ClN5O2.2ClH/c22-14-5-7-15(8-6-14)24-20-17-4-2-1-3-16(17)18(26-27-20)11-13-9-10-23-19(12-13)25-21(28)29;;/h1-10,12H,11H2,(H,23,25)(H,24,27)(H,28,29);2*1H. The van der Waals surface area contributed by atoms with Crippen LogP contribution in [0.1, 0.15) is 11.3 Å². The van der Waals surface area contributed by atoms with Gasteiger partial charge in [-0.25, -0.2) is 9.78 Å². The molecule has 2 heterocycles. The maximum Gasteiger partial charge on any atom is 0.410 e. The number of fused-ring (bicyclic) bond motifs is 1. The van der Waals surface area contributed by atoms with E-state index in [0.717, 1.165) is 27.7 Å². The molecule has 1 amide bonds. The van der Waals surface area contributed by atoms with Crippen LogP contribution in [0.25, 0.3) is 10.8 Å². The first-order valence-corrected chi connectivity index (χ1v) is 9.18. The smallest absolute Gasteiger partial charge is 0.410 e. The van der Waals surface area contributed by atoms with Crippen molar-refractivity contribution in [1.82, 2.24) is 15.2 Å². The summed E-state index contributed by atoms with van der Waals surface area (Å²) in [7, 11) is 0. The topological polar surface area (TPSA) is 100 Å². The quantitative estimate of drug-likeness (QED) is 0.328. The number of anilines is 3. The summed E-state index contributed by atoms with van der Waals surface area (Å²) in [5.74, 6) is 0.919. The fraction of sp³-hybridized carbons (Fsp3) is 0.0476. The van der Waals surface area contributed by atoms with Crippen molar-refractivity contribution in [1.29, 1.82) is 0 Å². The summed E-state index contributed by atoms with van der Waals surface area (Å²) in [5.41, 5.74) is 2.52. The highest BCUT2D eigenvalue weighted by Gasteiger charge is 2.11. The van der Waals surface area contributed by atoms with Crippen LogP contribution in [0, 0.1) is 0 Å². The van der Waals surface area contributed by atoms with Crippen molar-refractivity contribution in [3.8, 4) is 0 Å². The largest absolute Gasteiger partial charge is 0.465 e. The van der Waals surface area contributed by atoms with Gasteiger partial charge in [0.25, 0.3) is 0 Å². The van der Waals surface area contributed by atoms with Crippen LogP contribution in [0.3, 0.4) is 0 Å². The maximum atomic E-state index is 10.8. The molecule has 4 aromatic rings. The van der Waals surface area contributed by atoms with Gasteiger partial charge in [-0.15, -0.1) is 29.9 Å². The molecule has 0 radical (unpaired) electrons. The fourth-order valence-electron chi connectivity index (χ4n) is 3.01. The number of hydrogen-bond acceptors (Lipinski definition) is 5. The molecule has 3 N–H and O–H groups in total. The first-order chi connectivity index (χ1) is 14.1. The molecule has 0 spiro atoms. The van der Waals surface area contributed by atoms with Crippen LogP contribution in [0.2, 0.25) is 5.02 Å². The molecule has 0 unspecified atom stereocenters. The molecule has 0 saturated heterocycles. The van der Waals surface area contributed by atoms with E-state index in [1.807, 2.05) is 42.5 Å². The van der Waals surface area contributed by atoms with Crippen LogP contribution in [0.15, 0.2) is 66.9 Å². The number of nitrogens with one attached hydrogen (secondary N) is 2. The molecule has 10 heteroatoms. The first kappa shape index (κ1) is 24.1. The summed E-state index contributed by atoms with van der Waals surface area (Å²) in [4.78, 5) is 14.8. The van der Waals surface area contributed by atoms with E-state index in [1.165, 1.54) is 0 Å². The second kappa shape index (κ2) is 10.8. The van der Waals surface area contributed by atoms with Gasteiger partial charge in [-0.05, 0) is 42.0 Å². The zero-order chi connectivity index (χ0) is 20.2. The Bertz CT molecular complexity index is 1190. The number of carbonyl (C=O) groups is 1. The lowest BCUT2D eigenvalue weighted by atomic mass is 10.0. The van der Waals surface area contributed by atoms with Crippen molar-refractivity contribution >= 4 is 70.6 Å². The molecule has 4 rings (SSSR count). The number of pyridine rings is 1. The summed E-state index contributed by atoms with van der Waals surface area (Å²) in [6, 6.07) is 18.7. The molecule has 160 valence electrons. The number of hydrogen-bond donors (Lipinski definition) is 3. The Balaban J connectivity index is 0.00000171. The van der Waals surface area contributed by atoms with E-state index >= 15 is 0 Å². The Kier molecular flexibility index (Phi) is 8.38. The van der Waals surface area contributed by atoms with E-state index < -0.39 is 6.09 Å². The summed E-state index contributed by atoms with van der Waals surface area (Å²) >= 11 is 5.95. The molecular formula is C21H18Cl3N5O2. The van der Waals surface area contributed by atoms with Crippen molar-refractivity contribution in [3.63, 3.8) is 0 Å². The highest BCUT2D eigenvalue weighted by molar-refractivity contribution is 6.30. The number of amides is 1. The van der Waals surface area contributed by atoms with Crippen LogP contribution in [-0.2, 0) is 6.42 Å². The highest BCUT2D eigenvalue weighted by atomic mass is 35.5. The molecule has 0 fully saturated rings. The van der Waals surface area contributed by atoms with Gasteiger partial charge in [0.05, 0.1) is 5.69 Å². The summed E-state index contributed by atoms with van der Waals surface area (Å²) in [6.07, 6.45) is 0.899. The van der Waals surface area contributed by atoms with Gasteiger partial charge < -0.3 is 10.4 Å². The number of benzene rings is 2. The lowest BCUT2D eigenvalue weighted by Crippen LogP contribution is -2.09. The molecule has 0 aliphatic carbocycles. The third-order valence-corrected chi connectivity index (χ3v) is 4.55. The average Bonchev–Trinajstić information content (AvgIpc) is 2.71. The van der Waals surface area contributed by atoms with Crippen molar-refractivity contribution in [2.45, 2.75) is 6.42 Å². The molecule has 0 aliphatic rings. The lowest BCUT2D eigenvalue weighted by Gasteiger charge is -2.11. The third kappa shape index (κ3) is 5.95. The van der Waals surface area contributed by atoms with E-state index in [9.17, 15) is 4.79 Å². The van der Waals surface area contributed by atoms with E-state index in [1.54, 1.807) is 24.4 Å². The minimum Gasteiger partial charge on any atom is -0.465 e. The Morgan fingerprint density at radius 3 is 2.39 bits per heavy atom. The Hall–Kier alpha value is -3.13.